The number of nitrogens with zero attached hydrogens (tertiary/aromatic N) is 1. The van der Waals surface area contributed by atoms with Crippen molar-refractivity contribution in [2.75, 3.05) is 7.11 Å². The molecule has 4 heteroatoms. The standard InChI is InChI=1S/C16H22N2O2/c1-5-15(13-6-8-14(19-4)9-7-13)17-10-16-18-11(2)12(3)20-16/h6-9,15,17H,5,10H2,1-4H3. The summed E-state index contributed by atoms with van der Waals surface area (Å²) >= 11 is 0. The zero-order valence-corrected chi connectivity index (χ0v) is 12.6. The molecule has 1 aromatic heterocycles. The van der Waals surface area contributed by atoms with E-state index in [-0.39, 0.29) is 6.04 Å². The number of oxazole rings is 1. The highest BCUT2D eigenvalue weighted by Gasteiger charge is 2.11. The molecule has 108 valence electrons. The summed E-state index contributed by atoms with van der Waals surface area (Å²) in [5.41, 5.74) is 2.20. The molecule has 0 spiro atoms. The van der Waals surface area contributed by atoms with Gasteiger partial charge in [-0.1, -0.05) is 19.1 Å². The molecule has 1 unspecified atom stereocenters. The first kappa shape index (κ1) is 14.6. The summed E-state index contributed by atoms with van der Waals surface area (Å²) in [4.78, 5) is 4.39. The van der Waals surface area contributed by atoms with Crippen LogP contribution in [-0.4, -0.2) is 12.1 Å². The maximum Gasteiger partial charge on any atom is 0.208 e. The summed E-state index contributed by atoms with van der Waals surface area (Å²) in [5.74, 6) is 2.51. The zero-order valence-electron chi connectivity index (χ0n) is 12.6. The van der Waals surface area contributed by atoms with E-state index in [1.165, 1.54) is 5.56 Å². The van der Waals surface area contributed by atoms with Gasteiger partial charge in [-0.15, -0.1) is 0 Å². The largest absolute Gasteiger partial charge is 0.497 e. The zero-order chi connectivity index (χ0) is 14.5. The quantitative estimate of drug-likeness (QED) is 0.875. The van der Waals surface area contributed by atoms with Gasteiger partial charge in [0, 0.05) is 6.04 Å². The van der Waals surface area contributed by atoms with Crippen LogP contribution in [0.25, 0.3) is 0 Å². The molecule has 4 nitrogen and oxygen atoms in total. The van der Waals surface area contributed by atoms with Crippen LogP contribution in [0.3, 0.4) is 0 Å². The first-order valence-electron chi connectivity index (χ1n) is 6.94. The third-order valence-corrected chi connectivity index (χ3v) is 3.50. The lowest BCUT2D eigenvalue weighted by molar-refractivity contribution is 0.411. The lowest BCUT2D eigenvalue weighted by Gasteiger charge is -2.16. The molecule has 1 N–H and O–H groups in total. The van der Waals surface area contributed by atoms with E-state index in [9.17, 15) is 0 Å². The van der Waals surface area contributed by atoms with E-state index in [0.717, 1.165) is 29.5 Å². The van der Waals surface area contributed by atoms with Crippen LogP contribution in [-0.2, 0) is 6.54 Å². The Bertz CT molecular complexity index is 527. The molecule has 2 aromatic rings. The van der Waals surface area contributed by atoms with Crippen molar-refractivity contribution in [2.45, 2.75) is 39.8 Å². The summed E-state index contributed by atoms with van der Waals surface area (Å²) in [5, 5.41) is 3.48. The molecule has 0 aliphatic heterocycles. The average Bonchev–Trinajstić information content (AvgIpc) is 2.79. The smallest absolute Gasteiger partial charge is 0.208 e. The van der Waals surface area contributed by atoms with Crippen LogP contribution in [0, 0.1) is 13.8 Å². The van der Waals surface area contributed by atoms with Crippen LogP contribution in [0.4, 0.5) is 0 Å². The lowest BCUT2D eigenvalue weighted by Crippen LogP contribution is -2.20. The van der Waals surface area contributed by atoms with E-state index in [4.69, 9.17) is 9.15 Å². The predicted octanol–water partition coefficient (Wildman–Crippen LogP) is 3.54. The summed E-state index contributed by atoms with van der Waals surface area (Å²) in [6.07, 6.45) is 1.00. The molecule has 0 fully saturated rings. The van der Waals surface area contributed by atoms with Crippen LogP contribution in [0.2, 0.25) is 0 Å². The molecule has 0 radical (unpaired) electrons. The van der Waals surface area contributed by atoms with Crippen LogP contribution >= 0.6 is 0 Å². The van der Waals surface area contributed by atoms with Crippen molar-refractivity contribution in [1.29, 1.82) is 0 Å². The first-order valence-corrected chi connectivity index (χ1v) is 6.94. The minimum atomic E-state index is 0.286. The molecule has 0 amide bonds. The van der Waals surface area contributed by atoms with Crippen molar-refractivity contribution in [3.05, 3.63) is 47.2 Å². The topological polar surface area (TPSA) is 47.3 Å². The molecular formula is C16H22N2O2. The number of ether oxygens (including phenoxy) is 1. The van der Waals surface area contributed by atoms with Crippen molar-refractivity contribution >= 4 is 0 Å². The molecule has 1 heterocycles. The fraction of sp³-hybridized carbons (Fsp3) is 0.438. The van der Waals surface area contributed by atoms with E-state index < -0.39 is 0 Å². The van der Waals surface area contributed by atoms with Gasteiger partial charge in [0.1, 0.15) is 11.5 Å². The Balaban J connectivity index is 2.00. The van der Waals surface area contributed by atoms with Crippen molar-refractivity contribution in [3.63, 3.8) is 0 Å². The number of hydrogen-bond donors (Lipinski definition) is 1. The summed E-state index contributed by atoms with van der Waals surface area (Å²) in [6.45, 7) is 6.70. The molecule has 1 atom stereocenters. The molecule has 0 saturated carbocycles. The van der Waals surface area contributed by atoms with Gasteiger partial charge in [0.15, 0.2) is 0 Å². The van der Waals surface area contributed by atoms with Crippen molar-refractivity contribution in [2.24, 2.45) is 0 Å². The highest BCUT2D eigenvalue weighted by atomic mass is 16.5. The maximum absolute atomic E-state index is 5.59. The van der Waals surface area contributed by atoms with Gasteiger partial charge < -0.3 is 14.5 Å². The number of benzene rings is 1. The minimum absolute atomic E-state index is 0.286. The molecule has 1 aromatic carbocycles. The molecular weight excluding hydrogens is 252 g/mol. The summed E-state index contributed by atoms with van der Waals surface area (Å²) in [6, 6.07) is 8.43. The molecule has 2 rings (SSSR count). The van der Waals surface area contributed by atoms with Crippen LogP contribution in [0.15, 0.2) is 28.7 Å². The van der Waals surface area contributed by atoms with Gasteiger partial charge in [-0.2, -0.15) is 0 Å². The SMILES string of the molecule is CCC(NCc1nc(C)c(C)o1)c1ccc(OC)cc1. The first-order chi connectivity index (χ1) is 9.63. The fourth-order valence-electron chi connectivity index (χ4n) is 2.16. The van der Waals surface area contributed by atoms with E-state index in [1.54, 1.807) is 7.11 Å². The van der Waals surface area contributed by atoms with Gasteiger partial charge in [-0.25, -0.2) is 4.98 Å². The Kier molecular flexibility index (Phi) is 4.79. The van der Waals surface area contributed by atoms with Crippen LogP contribution in [0.1, 0.15) is 42.3 Å². The molecule has 0 saturated heterocycles. The monoisotopic (exact) mass is 274 g/mol. The number of rotatable bonds is 6. The number of methoxy groups -OCH3 is 1. The molecule has 0 bridgehead atoms. The van der Waals surface area contributed by atoms with Gasteiger partial charge in [-0.3, -0.25) is 0 Å². The van der Waals surface area contributed by atoms with E-state index in [0.29, 0.717) is 6.54 Å². The predicted molar refractivity (Wildman–Crippen MR) is 78.8 cm³/mol. The van der Waals surface area contributed by atoms with Gasteiger partial charge in [-0.05, 0) is 38.0 Å². The highest BCUT2D eigenvalue weighted by molar-refractivity contribution is 5.29. The highest BCUT2D eigenvalue weighted by Crippen LogP contribution is 2.20. The number of hydrogen-bond acceptors (Lipinski definition) is 4. The average molecular weight is 274 g/mol. The second-order valence-corrected chi connectivity index (χ2v) is 4.86. The van der Waals surface area contributed by atoms with Gasteiger partial charge in [0.2, 0.25) is 5.89 Å². The van der Waals surface area contributed by atoms with E-state index in [1.807, 2.05) is 26.0 Å². The Labute approximate surface area is 120 Å². The van der Waals surface area contributed by atoms with Gasteiger partial charge in [0.25, 0.3) is 0 Å². The number of aromatic nitrogens is 1. The van der Waals surface area contributed by atoms with E-state index in [2.05, 4.69) is 29.4 Å². The minimum Gasteiger partial charge on any atom is -0.497 e. The summed E-state index contributed by atoms with van der Waals surface area (Å²) < 4.78 is 10.8. The second kappa shape index (κ2) is 6.57. The van der Waals surface area contributed by atoms with Crippen molar-refractivity contribution < 1.29 is 9.15 Å². The van der Waals surface area contributed by atoms with E-state index >= 15 is 0 Å². The van der Waals surface area contributed by atoms with Gasteiger partial charge >= 0.3 is 0 Å². The second-order valence-electron chi connectivity index (χ2n) is 4.86. The molecule has 0 aliphatic carbocycles. The fourth-order valence-corrected chi connectivity index (χ4v) is 2.16. The Hall–Kier alpha value is -1.81. The molecule has 20 heavy (non-hydrogen) atoms. The maximum atomic E-state index is 5.59. The Morgan fingerprint density at radius 3 is 2.45 bits per heavy atom. The normalized spacial score (nSPS) is 12.4. The third kappa shape index (κ3) is 3.39. The lowest BCUT2D eigenvalue weighted by atomic mass is 10.0. The Morgan fingerprint density at radius 2 is 1.95 bits per heavy atom. The number of aryl methyl sites for hydroxylation is 2. The van der Waals surface area contributed by atoms with Crippen molar-refractivity contribution in [3.8, 4) is 5.75 Å². The van der Waals surface area contributed by atoms with Crippen LogP contribution in [0.5, 0.6) is 5.75 Å². The van der Waals surface area contributed by atoms with Crippen LogP contribution < -0.4 is 10.1 Å². The summed E-state index contributed by atoms with van der Waals surface area (Å²) in [7, 11) is 1.68. The Morgan fingerprint density at radius 1 is 1.25 bits per heavy atom. The van der Waals surface area contributed by atoms with Gasteiger partial charge in [0.05, 0.1) is 19.3 Å². The third-order valence-electron chi connectivity index (χ3n) is 3.50. The number of nitrogens with one attached hydrogen (secondary N) is 1. The van der Waals surface area contributed by atoms with Crippen molar-refractivity contribution in [1.82, 2.24) is 10.3 Å². The molecule has 0 aliphatic rings.